The van der Waals surface area contributed by atoms with Crippen LogP contribution in [0.3, 0.4) is 0 Å². The number of methoxy groups -OCH3 is 2. The SMILES string of the molecule is CCC1(CNCc2cc(OC)c(OC)cc2Br)CC1. The van der Waals surface area contributed by atoms with Gasteiger partial charge in [-0.1, -0.05) is 22.9 Å². The van der Waals surface area contributed by atoms with Crippen molar-refractivity contribution in [2.45, 2.75) is 32.7 Å². The molecule has 1 aliphatic carbocycles. The predicted molar refractivity (Wildman–Crippen MR) is 80.9 cm³/mol. The molecule has 19 heavy (non-hydrogen) atoms. The molecule has 3 nitrogen and oxygen atoms in total. The Bertz CT molecular complexity index is 444. The third kappa shape index (κ3) is 3.42. The highest BCUT2D eigenvalue weighted by Crippen LogP contribution is 2.47. The van der Waals surface area contributed by atoms with Crippen LogP contribution in [0.25, 0.3) is 0 Å². The average molecular weight is 328 g/mol. The van der Waals surface area contributed by atoms with Crippen molar-refractivity contribution in [2.24, 2.45) is 5.41 Å². The molecule has 0 aromatic heterocycles. The normalized spacial score (nSPS) is 16.2. The fourth-order valence-corrected chi connectivity index (χ4v) is 2.79. The zero-order valence-corrected chi connectivity index (χ0v) is 13.5. The molecule has 1 aromatic carbocycles. The summed E-state index contributed by atoms with van der Waals surface area (Å²) >= 11 is 3.59. The Morgan fingerprint density at radius 2 is 1.84 bits per heavy atom. The Labute approximate surface area is 123 Å². The summed E-state index contributed by atoms with van der Waals surface area (Å²) in [5.74, 6) is 1.53. The van der Waals surface area contributed by atoms with Gasteiger partial charge in [-0.2, -0.15) is 0 Å². The first-order valence-electron chi connectivity index (χ1n) is 6.75. The molecule has 0 radical (unpaired) electrons. The highest BCUT2D eigenvalue weighted by atomic mass is 79.9. The van der Waals surface area contributed by atoms with E-state index in [4.69, 9.17) is 9.47 Å². The van der Waals surface area contributed by atoms with Crippen LogP contribution in [0, 0.1) is 5.41 Å². The van der Waals surface area contributed by atoms with Crippen molar-refractivity contribution >= 4 is 15.9 Å². The van der Waals surface area contributed by atoms with Crippen LogP contribution in [-0.2, 0) is 6.54 Å². The average Bonchev–Trinajstić information content (AvgIpc) is 3.20. The van der Waals surface area contributed by atoms with E-state index in [1.807, 2.05) is 12.1 Å². The molecule has 1 fully saturated rings. The van der Waals surface area contributed by atoms with Crippen LogP contribution in [-0.4, -0.2) is 20.8 Å². The molecule has 4 heteroatoms. The monoisotopic (exact) mass is 327 g/mol. The molecular formula is C15H22BrNO2. The zero-order chi connectivity index (χ0) is 13.9. The summed E-state index contributed by atoms with van der Waals surface area (Å²) in [6.07, 6.45) is 4.00. The van der Waals surface area contributed by atoms with Crippen molar-refractivity contribution < 1.29 is 9.47 Å². The van der Waals surface area contributed by atoms with Gasteiger partial charge in [-0.25, -0.2) is 0 Å². The second-order valence-corrected chi connectivity index (χ2v) is 6.11. The van der Waals surface area contributed by atoms with Crippen molar-refractivity contribution in [3.63, 3.8) is 0 Å². The Morgan fingerprint density at radius 3 is 2.37 bits per heavy atom. The van der Waals surface area contributed by atoms with Gasteiger partial charge >= 0.3 is 0 Å². The van der Waals surface area contributed by atoms with Gasteiger partial charge in [0.25, 0.3) is 0 Å². The van der Waals surface area contributed by atoms with E-state index in [1.54, 1.807) is 14.2 Å². The number of hydrogen-bond donors (Lipinski definition) is 1. The van der Waals surface area contributed by atoms with Gasteiger partial charge in [-0.3, -0.25) is 0 Å². The van der Waals surface area contributed by atoms with E-state index < -0.39 is 0 Å². The van der Waals surface area contributed by atoms with E-state index >= 15 is 0 Å². The predicted octanol–water partition coefficient (Wildman–Crippen LogP) is 3.75. The second kappa shape index (κ2) is 6.14. The number of halogens is 1. The fourth-order valence-electron chi connectivity index (χ4n) is 2.33. The van der Waals surface area contributed by atoms with Gasteiger partial charge in [0.1, 0.15) is 0 Å². The van der Waals surface area contributed by atoms with Crippen molar-refractivity contribution in [1.82, 2.24) is 5.32 Å². The highest BCUT2D eigenvalue weighted by Gasteiger charge is 2.39. The second-order valence-electron chi connectivity index (χ2n) is 5.26. The Hall–Kier alpha value is -0.740. The molecule has 0 bridgehead atoms. The number of nitrogens with one attached hydrogen (secondary N) is 1. The lowest BCUT2D eigenvalue weighted by Gasteiger charge is -2.15. The molecule has 0 spiro atoms. The minimum Gasteiger partial charge on any atom is -0.493 e. The van der Waals surface area contributed by atoms with Crippen molar-refractivity contribution in [2.75, 3.05) is 20.8 Å². The molecule has 2 rings (SSSR count). The zero-order valence-electron chi connectivity index (χ0n) is 11.9. The fraction of sp³-hybridized carbons (Fsp3) is 0.600. The molecule has 1 aromatic rings. The van der Waals surface area contributed by atoms with Crippen LogP contribution in [0.4, 0.5) is 0 Å². The third-order valence-corrected chi connectivity index (χ3v) is 4.81. The van der Waals surface area contributed by atoms with Crippen LogP contribution in [0.15, 0.2) is 16.6 Å². The topological polar surface area (TPSA) is 30.5 Å². The van der Waals surface area contributed by atoms with Crippen LogP contribution in [0.1, 0.15) is 31.7 Å². The van der Waals surface area contributed by atoms with Gasteiger partial charge < -0.3 is 14.8 Å². The van der Waals surface area contributed by atoms with Crippen molar-refractivity contribution in [3.8, 4) is 11.5 Å². The van der Waals surface area contributed by atoms with E-state index in [0.717, 1.165) is 29.1 Å². The van der Waals surface area contributed by atoms with Gasteiger partial charge in [-0.15, -0.1) is 0 Å². The standard InChI is InChI=1S/C15H22BrNO2/c1-4-15(5-6-15)10-17-9-11-7-13(18-2)14(19-3)8-12(11)16/h7-8,17H,4-6,9-10H2,1-3H3. The quantitative estimate of drug-likeness (QED) is 0.827. The summed E-state index contributed by atoms with van der Waals surface area (Å²) in [6.45, 7) is 4.23. The first-order valence-corrected chi connectivity index (χ1v) is 7.54. The Kier molecular flexibility index (Phi) is 4.74. The Balaban J connectivity index is 1.99. The van der Waals surface area contributed by atoms with Gasteiger partial charge in [-0.05, 0) is 42.4 Å². The molecular weight excluding hydrogens is 306 g/mol. The molecule has 0 unspecified atom stereocenters. The van der Waals surface area contributed by atoms with Gasteiger partial charge in [0.05, 0.1) is 14.2 Å². The molecule has 1 aliphatic rings. The first kappa shape index (κ1) is 14.7. The molecule has 1 saturated carbocycles. The molecule has 0 aliphatic heterocycles. The summed E-state index contributed by atoms with van der Waals surface area (Å²) in [5, 5.41) is 3.56. The van der Waals surface area contributed by atoms with Gasteiger partial charge in [0.15, 0.2) is 11.5 Å². The highest BCUT2D eigenvalue weighted by molar-refractivity contribution is 9.10. The van der Waals surface area contributed by atoms with E-state index in [0.29, 0.717) is 5.41 Å². The summed E-state index contributed by atoms with van der Waals surface area (Å²) in [6, 6.07) is 3.99. The molecule has 0 heterocycles. The minimum atomic E-state index is 0.572. The first-order chi connectivity index (χ1) is 9.14. The molecule has 0 atom stereocenters. The smallest absolute Gasteiger partial charge is 0.161 e. The number of rotatable bonds is 7. The molecule has 1 N–H and O–H groups in total. The molecule has 0 amide bonds. The number of hydrogen-bond acceptors (Lipinski definition) is 3. The van der Waals surface area contributed by atoms with E-state index in [1.165, 1.54) is 24.8 Å². The van der Waals surface area contributed by atoms with Crippen LogP contribution in [0.2, 0.25) is 0 Å². The maximum absolute atomic E-state index is 5.34. The summed E-state index contributed by atoms with van der Waals surface area (Å²) in [7, 11) is 3.32. The minimum absolute atomic E-state index is 0.572. The van der Waals surface area contributed by atoms with Crippen LogP contribution < -0.4 is 14.8 Å². The third-order valence-electron chi connectivity index (χ3n) is 4.08. The molecule has 106 valence electrons. The summed E-state index contributed by atoms with van der Waals surface area (Å²) < 4.78 is 11.7. The van der Waals surface area contributed by atoms with E-state index in [9.17, 15) is 0 Å². The number of benzene rings is 1. The van der Waals surface area contributed by atoms with Crippen LogP contribution in [0.5, 0.6) is 11.5 Å². The van der Waals surface area contributed by atoms with Crippen LogP contribution >= 0.6 is 15.9 Å². The van der Waals surface area contributed by atoms with Gasteiger partial charge in [0.2, 0.25) is 0 Å². The maximum Gasteiger partial charge on any atom is 0.161 e. The molecule has 0 saturated heterocycles. The maximum atomic E-state index is 5.34. The lowest BCUT2D eigenvalue weighted by atomic mass is 10.0. The van der Waals surface area contributed by atoms with Crippen molar-refractivity contribution in [1.29, 1.82) is 0 Å². The van der Waals surface area contributed by atoms with E-state index in [-0.39, 0.29) is 0 Å². The van der Waals surface area contributed by atoms with Gasteiger partial charge in [0, 0.05) is 17.6 Å². The lowest BCUT2D eigenvalue weighted by Crippen LogP contribution is -2.23. The van der Waals surface area contributed by atoms with Crippen molar-refractivity contribution in [3.05, 3.63) is 22.2 Å². The Morgan fingerprint density at radius 1 is 1.21 bits per heavy atom. The number of ether oxygens (including phenoxy) is 2. The summed E-state index contributed by atoms with van der Waals surface area (Å²) in [4.78, 5) is 0. The largest absolute Gasteiger partial charge is 0.493 e. The lowest BCUT2D eigenvalue weighted by molar-refractivity contribution is 0.354. The summed E-state index contributed by atoms with van der Waals surface area (Å²) in [5.41, 5.74) is 1.77. The van der Waals surface area contributed by atoms with E-state index in [2.05, 4.69) is 28.2 Å².